The average Bonchev–Trinajstić information content (AvgIpc) is 2.91. The third-order valence-corrected chi connectivity index (χ3v) is 4.80. The van der Waals surface area contributed by atoms with Crippen molar-refractivity contribution in [3.05, 3.63) is 30.3 Å². The molecule has 0 radical (unpaired) electrons. The Kier molecular flexibility index (Phi) is 5.39. The second-order valence-corrected chi connectivity index (χ2v) is 6.55. The van der Waals surface area contributed by atoms with E-state index >= 15 is 0 Å². The van der Waals surface area contributed by atoms with Crippen LogP contribution >= 0.6 is 0 Å². The highest BCUT2D eigenvalue weighted by Gasteiger charge is 2.27. The molecule has 0 N–H and O–H groups in total. The highest BCUT2D eigenvalue weighted by atomic mass is 16.6. The summed E-state index contributed by atoms with van der Waals surface area (Å²) in [6.45, 7) is 6.38. The standard InChI is InChI=1S/C18H27N3O2/c1-19-15-17(23-18(19)22)9-5-6-10-20-11-13-21(14-12-20)16-7-3-2-4-8-16/h2-4,7-8,17H,5-6,9-15H2,1H3. The summed E-state index contributed by atoms with van der Waals surface area (Å²) < 4.78 is 5.30. The largest absolute Gasteiger partial charge is 0.444 e. The molecule has 23 heavy (non-hydrogen) atoms. The summed E-state index contributed by atoms with van der Waals surface area (Å²) in [5.41, 5.74) is 1.33. The van der Waals surface area contributed by atoms with Gasteiger partial charge >= 0.3 is 6.09 Å². The van der Waals surface area contributed by atoms with E-state index in [-0.39, 0.29) is 12.2 Å². The highest BCUT2D eigenvalue weighted by Crippen LogP contribution is 2.17. The van der Waals surface area contributed by atoms with E-state index in [9.17, 15) is 4.79 Å². The molecule has 0 spiro atoms. The zero-order chi connectivity index (χ0) is 16.1. The van der Waals surface area contributed by atoms with Gasteiger partial charge in [0.1, 0.15) is 6.10 Å². The molecule has 5 heteroatoms. The summed E-state index contributed by atoms with van der Waals surface area (Å²) in [7, 11) is 1.80. The quantitative estimate of drug-likeness (QED) is 0.755. The van der Waals surface area contributed by atoms with Crippen molar-refractivity contribution < 1.29 is 9.53 Å². The van der Waals surface area contributed by atoms with Crippen LogP contribution in [0.3, 0.4) is 0 Å². The van der Waals surface area contributed by atoms with Gasteiger partial charge < -0.3 is 14.5 Å². The first-order valence-corrected chi connectivity index (χ1v) is 8.66. The lowest BCUT2D eigenvalue weighted by molar-refractivity contribution is 0.128. The third-order valence-electron chi connectivity index (χ3n) is 4.80. The molecule has 2 saturated heterocycles. The zero-order valence-corrected chi connectivity index (χ0v) is 14.0. The molecule has 0 bridgehead atoms. The first kappa shape index (κ1) is 16.1. The van der Waals surface area contributed by atoms with Crippen LogP contribution in [0.5, 0.6) is 0 Å². The first-order chi connectivity index (χ1) is 11.2. The lowest BCUT2D eigenvalue weighted by Crippen LogP contribution is -2.46. The maximum absolute atomic E-state index is 11.3. The van der Waals surface area contributed by atoms with Crippen molar-refractivity contribution >= 4 is 11.8 Å². The van der Waals surface area contributed by atoms with Crippen molar-refractivity contribution in [1.29, 1.82) is 0 Å². The van der Waals surface area contributed by atoms with E-state index in [1.807, 2.05) is 0 Å². The molecule has 0 aromatic heterocycles. The van der Waals surface area contributed by atoms with Crippen LogP contribution in [0.2, 0.25) is 0 Å². The SMILES string of the molecule is CN1CC(CCCCN2CCN(c3ccccc3)CC2)OC1=O. The molecule has 126 valence electrons. The molecule has 0 aliphatic carbocycles. The van der Waals surface area contributed by atoms with Gasteiger partial charge in [0.2, 0.25) is 0 Å². The fourth-order valence-electron chi connectivity index (χ4n) is 3.38. The zero-order valence-electron chi connectivity index (χ0n) is 14.0. The minimum absolute atomic E-state index is 0.0995. The number of cyclic esters (lactones) is 1. The van der Waals surface area contributed by atoms with Crippen molar-refractivity contribution in [1.82, 2.24) is 9.80 Å². The molecule has 5 nitrogen and oxygen atoms in total. The minimum atomic E-state index is -0.174. The second kappa shape index (κ2) is 7.68. The summed E-state index contributed by atoms with van der Waals surface area (Å²) in [6, 6.07) is 10.7. The third kappa shape index (κ3) is 4.38. The van der Waals surface area contributed by atoms with Gasteiger partial charge in [-0.3, -0.25) is 4.90 Å². The van der Waals surface area contributed by atoms with Crippen molar-refractivity contribution in [3.8, 4) is 0 Å². The van der Waals surface area contributed by atoms with Crippen molar-refractivity contribution in [2.75, 3.05) is 51.2 Å². The fraction of sp³-hybridized carbons (Fsp3) is 0.611. The fourth-order valence-corrected chi connectivity index (χ4v) is 3.38. The molecule has 1 aromatic carbocycles. The molecule has 3 rings (SSSR count). The minimum Gasteiger partial charge on any atom is -0.444 e. The Morgan fingerprint density at radius 1 is 1.09 bits per heavy atom. The summed E-state index contributed by atoms with van der Waals surface area (Å²) in [5, 5.41) is 0. The van der Waals surface area contributed by atoms with Crippen LogP contribution in [0.25, 0.3) is 0 Å². The van der Waals surface area contributed by atoms with E-state index in [4.69, 9.17) is 4.74 Å². The summed E-state index contributed by atoms with van der Waals surface area (Å²) in [4.78, 5) is 18.0. The van der Waals surface area contributed by atoms with Gasteiger partial charge in [-0.2, -0.15) is 0 Å². The number of rotatable bonds is 6. The predicted molar refractivity (Wildman–Crippen MR) is 91.8 cm³/mol. The van der Waals surface area contributed by atoms with Gasteiger partial charge in [0.15, 0.2) is 0 Å². The molecule has 1 atom stereocenters. The normalized spacial score (nSPS) is 22.5. The van der Waals surface area contributed by atoms with E-state index in [0.29, 0.717) is 0 Å². The van der Waals surface area contributed by atoms with Gasteiger partial charge in [-0.1, -0.05) is 18.2 Å². The average molecular weight is 317 g/mol. The molecule has 2 aliphatic heterocycles. The number of likely N-dealkylation sites (N-methyl/N-ethyl adjacent to an activating group) is 1. The number of nitrogens with zero attached hydrogens (tertiary/aromatic N) is 3. The number of carbonyl (C=O) groups excluding carboxylic acids is 1. The van der Waals surface area contributed by atoms with E-state index in [1.54, 1.807) is 11.9 Å². The molecule has 1 amide bonds. The number of amides is 1. The van der Waals surface area contributed by atoms with Crippen LogP contribution in [-0.4, -0.2) is 68.3 Å². The highest BCUT2D eigenvalue weighted by molar-refractivity contribution is 5.69. The van der Waals surface area contributed by atoms with Gasteiger partial charge in [0.25, 0.3) is 0 Å². The van der Waals surface area contributed by atoms with Gasteiger partial charge in [-0.25, -0.2) is 4.79 Å². The van der Waals surface area contributed by atoms with Crippen LogP contribution in [0.4, 0.5) is 10.5 Å². The van der Waals surface area contributed by atoms with Crippen LogP contribution in [0.15, 0.2) is 30.3 Å². The number of carbonyl (C=O) groups is 1. The van der Waals surface area contributed by atoms with Gasteiger partial charge in [-0.15, -0.1) is 0 Å². The lowest BCUT2D eigenvalue weighted by atomic mass is 10.1. The Bertz CT molecular complexity index is 500. The predicted octanol–water partition coefficient (Wildman–Crippen LogP) is 2.43. The van der Waals surface area contributed by atoms with E-state index in [1.165, 1.54) is 12.1 Å². The summed E-state index contributed by atoms with van der Waals surface area (Å²) >= 11 is 0. The van der Waals surface area contributed by atoms with E-state index in [0.717, 1.165) is 52.1 Å². The first-order valence-electron chi connectivity index (χ1n) is 8.66. The number of benzene rings is 1. The molecule has 1 unspecified atom stereocenters. The Hall–Kier alpha value is -1.75. The Morgan fingerprint density at radius 3 is 2.48 bits per heavy atom. The topological polar surface area (TPSA) is 36.0 Å². The molecule has 0 saturated carbocycles. The van der Waals surface area contributed by atoms with Gasteiger partial charge in [0.05, 0.1) is 6.54 Å². The van der Waals surface area contributed by atoms with Gasteiger partial charge in [-0.05, 0) is 37.9 Å². The number of para-hydroxylation sites is 1. The Labute approximate surface area is 138 Å². The summed E-state index contributed by atoms with van der Waals surface area (Å²) in [6.07, 6.45) is 3.22. The van der Waals surface area contributed by atoms with E-state index < -0.39 is 0 Å². The van der Waals surface area contributed by atoms with Crippen molar-refractivity contribution in [3.63, 3.8) is 0 Å². The molecule has 2 fully saturated rings. The molecular weight excluding hydrogens is 290 g/mol. The van der Waals surface area contributed by atoms with Crippen molar-refractivity contribution in [2.24, 2.45) is 0 Å². The molecule has 1 aromatic rings. The molecule has 2 heterocycles. The lowest BCUT2D eigenvalue weighted by Gasteiger charge is -2.36. The number of hydrogen-bond donors (Lipinski definition) is 0. The van der Waals surface area contributed by atoms with Crippen LogP contribution in [-0.2, 0) is 4.74 Å². The van der Waals surface area contributed by atoms with E-state index in [2.05, 4.69) is 40.1 Å². The second-order valence-electron chi connectivity index (χ2n) is 6.55. The maximum Gasteiger partial charge on any atom is 0.409 e. The molecule has 2 aliphatic rings. The van der Waals surface area contributed by atoms with Gasteiger partial charge in [0, 0.05) is 38.9 Å². The number of hydrogen-bond acceptors (Lipinski definition) is 4. The number of ether oxygens (including phenoxy) is 1. The number of unbranched alkanes of at least 4 members (excludes halogenated alkanes) is 1. The van der Waals surface area contributed by atoms with Crippen LogP contribution in [0, 0.1) is 0 Å². The number of piperazine rings is 1. The summed E-state index contributed by atoms with van der Waals surface area (Å²) in [5.74, 6) is 0. The maximum atomic E-state index is 11.3. The Morgan fingerprint density at radius 2 is 1.83 bits per heavy atom. The molecular formula is C18H27N3O2. The van der Waals surface area contributed by atoms with Crippen LogP contribution < -0.4 is 4.90 Å². The number of anilines is 1. The monoisotopic (exact) mass is 317 g/mol. The Balaban J connectivity index is 1.30. The van der Waals surface area contributed by atoms with Crippen LogP contribution in [0.1, 0.15) is 19.3 Å². The smallest absolute Gasteiger partial charge is 0.409 e. The van der Waals surface area contributed by atoms with Crippen molar-refractivity contribution in [2.45, 2.75) is 25.4 Å².